The Hall–Kier alpha value is -0.860. The first kappa shape index (κ1) is 15.5. The molecule has 2 heteroatoms. The molecule has 0 bridgehead atoms. The molecule has 1 N–H and O–H groups in total. The summed E-state index contributed by atoms with van der Waals surface area (Å²) in [4.78, 5) is 2.42. The molecule has 1 saturated heterocycles. The van der Waals surface area contributed by atoms with Gasteiger partial charge in [-0.1, -0.05) is 31.5 Å². The molecule has 1 heterocycles. The van der Waals surface area contributed by atoms with Crippen molar-refractivity contribution in [3.05, 3.63) is 34.4 Å². The van der Waals surface area contributed by atoms with E-state index in [0.717, 1.165) is 37.0 Å². The highest BCUT2D eigenvalue weighted by atomic mass is 16.3. The van der Waals surface area contributed by atoms with Gasteiger partial charge in [-0.2, -0.15) is 0 Å². The summed E-state index contributed by atoms with van der Waals surface area (Å²) in [6.45, 7) is 14.0. The van der Waals surface area contributed by atoms with Crippen molar-refractivity contribution < 1.29 is 5.11 Å². The van der Waals surface area contributed by atoms with Crippen molar-refractivity contribution in [3.63, 3.8) is 0 Å². The first-order chi connectivity index (χ1) is 9.38. The van der Waals surface area contributed by atoms with Gasteiger partial charge in [0.1, 0.15) is 0 Å². The maximum absolute atomic E-state index is 10.6. The minimum Gasteiger partial charge on any atom is -0.387 e. The molecular formula is C18H29NO. The van der Waals surface area contributed by atoms with Crippen LogP contribution in [0.4, 0.5) is 0 Å². The molecule has 0 radical (unpaired) electrons. The summed E-state index contributed by atoms with van der Waals surface area (Å²) in [5, 5.41) is 10.6. The number of hydrogen-bond donors (Lipinski definition) is 1. The van der Waals surface area contributed by atoms with E-state index in [2.05, 4.69) is 51.7 Å². The molecule has 1 aromatic rings. The van der Waals surface area contributed by atoms with Crippen LogP contribution < -0.4 is 0 Å². The summed E-state index contributed by atoms with van der Waals surface area (Å²) in [6, 6.07) is 4.35. The molecule has 2 atom stereocenters. The molecule has 1 fully saturated rings. The van der Waals surface area contributed by atoms with E-state index < -0.39 is 0 Å². The molecule has 0 aliphatic carbocycles. The Morgan fingerprint density at radius 3 is 2.30 bits per heavy atom. The third-order valence-electron chi connectivity index (χ3n) is 4.75. The number of rotatable bonds is 4. The second kappa shape index (κ2) is 6.28. The second-order valence-electron chi connectivity index (χ2n) is 6.88. The molecule has 0 aromatic heterocycles. The van der Waals surface area contributed by atoms with Gasteiger partial charge in [-0.3, -0.25) is 0 Å². The van der Waals surface area contributed by atoms with Crippen molar-refractivity contribution in [1.29, 1.82) is 0 Å². The molecule has 1 aliphatic heterocycles. The summed E-state index contributed by atoms with van der Waals surface area (Å²) in [7, 11) is 0. The van der Waals surface area contributed by atoms with E-state index in [9.17, 15) is 5.11 Å². The van der Waals surface area contributed by atoms with Gasteiger partial charge in [0.25, 0.3) is 0 Å². The zero-order valence-corrected chi connectivity index (χ0v) is 13.6. The van der Waals surface area contributed by atoms with Crippen molar-refractivity contribution in [2.75, 3.05) is 19.6 Å². The van der Waals surface area contributed by atoms with Crippen LogP contribution in [0.25, 0.3) is 0 Å². The highest BCUT2D eigenvalue weighted by Gasteiger charge is 2.27. The monoisotopic (exact) mass is 275 g/mol. The van der Waals surface area contributed by atoms with Crippen LogP contribution in [0.1, 0.15) is 48.6 Å². The fraction of sp³-hybridized carbons (Fsp3) is 0.667. The van der Waals surface area contributed by atoms with Crippen molar-refractivity contribution in [3.8, 4) is 0 Å². The normalized spacial score (nSPS) is 21.6. The Labute approximate surface area is 123 Å². The number of aliphatic hydroxyl groups excluding tert-OH is 1. The third-order valence-corrected chi connectivity index (χ3v) is 4.75. The molecule has 0 amide bonds. The van der Waals surface area contributed by atoms with E-state index in [-0.39, 0.29) is 6.10 Å². The predicted octanol–water partition coefficient (Wildman–Crippen LogP) is 3.62. The van der Waals surface area contributed by atoms with Gasteiger partial charge in [-0.15, -0.1) is 0 Å². The van der Waals surface area contributed by atoms with Crippen LogP contribution in [-0.4, -0.2) is 29.6 Å². The molecule has 2 unspecified atom stereocenters. The zero-order valence-electron chi connectivity index (χ0n) is 13.6. The van der Waals surface area contributed by atoms with E-state index in [4.69, 9.17) is 0 Å². The van der Waals surface area contributed by atoms with Crippen molar-refractivity contribution >= 4 is 0 Å². The largest absolute Gasteiger partial charge is 0.387 e. The van der Waals surface area contributed by atoms with E-state index in [1.165, 1.54) is 23.1 Å². The van der Waals surface area contributed by atoms with Gasteiger partial charge < -0.3 is 10.0 Å². The number of nitrogens with zero attached hydrogens (tertiary/aromatic N) is 1. The maximum atomic E-state index is 10.6. The van der Waals surface area contributed by atoms with Gasteiger partial charge in [0.15, 0.2) is 0 Å². The number of hydrogen-bond acceptors (Lipinski definition) is 2. The lowest BCUT2D eigenvalue weighted by Crippen LogP contribution is -2.28. The molecule has 2 rings (SSSR count). The van der Waals surface area contributed by atoms with Crippen molar-refractivity contribution in [2.24, 2.45) is 11.8 Å². The predicted molar refractivity (Wildman–Crippen MR) is 85.0 cm³/mol. The van der Waals surface area contributed by atoms with E-state index >= 15 is 0 Å². The average molecular weight is 275 g/mol. The average Bonchev–Trinajstić information content (AvgIpc) is 2.75. The maximum Gasteiger partial charge on any atom is 0.0922 e. The highest BCUT2D eigenvalue weighted by molar-refractivity contribution is 5.39. The lowest BCUT2D eigenvalue weighted by Gasteiger charge is -2.24. The van der Waals surface area contributed by atoms with Gasteiger partial charge in [0.2, 0.25) is 0 Å². The Morgan fingerprint density at radius 1 is 1.20 bits per heavy atom. The lowest BCUT2D eigenvalue weighted by molar-refractivity contribution is 0.121. The number of aryl methyl sites for hydroxylation is 3. The summed E-state index contributed by atoms with van der Waals surface area (Å²) in [6.07, 6.45) is 0.914. The van der Waals surface area contributed by atoms with E-state index in [0.29, 0.717) is 0 Å². The minimum absolute atomic E-state index is 0.360. The summed E-state index contributed by atoms with van der Waals surface area (Å²) in [5.74, 6) is 1.54. The van der Waals surface area contributed by atoms with Gasteiger partial charge in [0, 0.05) is 13.1 Å². The second-order valence-corrected chi connectivity index (χ2v) is 6.88. The van der Waals surface area contributed by atoms with Gasteiger partial charge >= 0.3 is 0 Å². The zero-order chi connectivity index (χ0) is 14.9. The number of β-amino-alcohol motifs (C(OH)–C–C–N with tert-alkyl or cyclic N) is 1. The first-order valence-corrected chi connectivity index (χ1v) is 7.86. The molecule has 1 aromatic carbocycles. The van der Waals surface area contributed by atoms with Crippen LogP contribution in [0.15, 0.2) is 12.1 Å². The number of likely N-dealkylation sites (tertiary alicyclic amines) is 1. The van der Waals surface area contributed by atoms with Gasteiger partial charge in [-0.25, -0.2) is 0 Å². The molecule has 112 valence electrons. The minimum atomic E-state index is -0.360. The Morgan fingerprint density at radius 2 is 1.80 bits per heavy atom. The molecule has 2 nitrogen and oxygen atoms in total. The lowest BCUT2D eigenvalue weighted by atomic mass is 9.95. The summed E-state index contributed by atoms with van der Waals surface area (Å²) < 4.78 is 0. The van der Waals surface area contributed by atoms with Crippen molar-refractivity contribution in [2.45, 2.75) is 47.1 Å². The Kier molecular flexibility index (Phi) is 4.87. The Balaban J connectivity index is 2.04. The topological polar surface area (TPSA) is 23.5 Å². The van der Waals surface area contributed by atoms with Crippen LogP contribution in [0.3, 0.4) is 0 Å². The van der Waals surface area contributed by atoms with E-state index in [1.54, 1.807) is 0 Å². The summed E-state index contributed by atoms with van der Waals surface area (Å²) >= 11 is 0. The van der Waals surface area contributed by atoms with Gasteiger partial charge in [-0.05, 0) is 62.3 Å². The van der Waals surface area contributed by atoms with Crippen LogP contribution >= 0.6 is 0 Å². The molecule has 0 spiro atoms. The fourth-order valence-electron chi connectivity index (χ4n) is 3.63. The van der Waals surface area contributed by atoms with Crippen LogP contribution in [-0.2, 0) is 0 Å². The molecule has 1 aliphatic rings. The van der Waals surface area contributed by atoms with E-state index in [1.807, 2.05) is 0 Å². The smallest absolute Gasteiger partial charge is 0.0922 e. The standard InChI is InChI=1S/C18H29NO/c1-12(2)16-6-7-19(10-16)11-17(20)18-14(4)8-13(3)9-15(18)5/h8-9,12,16-17,20H,6-7,10-11H2,1-5H3. The van der Waals surface area contributed by atoms with Crippen LogP contribution in [0.5, 0.6) is 0 Å². The number of benzene rings is 1. The first-order valence-electron chi connectivity index (χ1n) is 7.86. The van der Waals surface area contributed by atoms with Crippen LogP contribution in [0.2, 0.25) is 0 Å². The molecule has 0 saturated carbocycles. The highest BCUT2D eigenvalue weighted by Crippen LogP contribution is 2.28. The molecule has 20 heavy (non-hydrogen) atoms. The number of aliphatic hydroxyl groups is 1. The Bertz CT molecular complexity index is 443. The summed E-state index contributed by atoms with van der Waals surface area (Å²) in [5.41, 5.74) is 4.84. The van der Waals surface area contributed by atoms with Crippen LogP contribution in [0, 0.1) is 32.6 Å². The third kappa shape index (κ3) is 3.42. The quantitative estimate of drug-likeness (QED) is 0.907. The molecular weight excluding hydrogens is 246 g/mol. The SMILES string of the molecule is Cc1cc(C)c(C(O)CN2CCC(C(C)C)C2)c(C)c1. The van der Waals surface area contributed by atoms with Crippen molar-refractivity contribution in [1.82, 2.24) is 4.90 Å². The fourth-order valence-corrected chi connectivity index (χ4v) is 3.63. The van der Waals surface area contributed by atoms with Gasteiger partial charge in [0.05, 0.1) is 6.10 Å².